The van der Waals surface area contributed by atoms with Crippen molar-refractivity contribution in [2.75, 3.05) is 12.3 Å². The van der Waals surface area contributed by atoms with Gasteiger partial charge in [0.05, 0.1) is 16.6 Å². The number of hydrogen-bond donors (Lipinski definition) is 3. The molecular formula is C13H18N2O5S. The molecule has 0 radical (unpaired) electrons. The van der Waals surface area contributed by atoms with E-state index in [1.165, 1.54) is 12.1 Å². The molecule has 116 valence electrons. The first-order valence-corrected chi connectivity index (χ1v) is 8.04. The maximum Gasteiger partial charge on any atom is 0.337 e. The summed E-state index contributed by atoms with van der Waals surface area (Å²) in [4.78, 5) is 10.9. The van der Waals surface area contributed by atoms with E-state index in [2.05, 4.69) is 4.72 Å². The van der Waals surface area contributed by atoms with Crippen LogP contribution in [0, 0.1) is 0 Å². The maximum atomic E-state index is 12.4. The minimum Gasteiger partial charge on any atom is -0.478 e. The van der Waals surface area contributed by atoms with Crippen LogP contribution in [-0.4, -0.2) is 38.2 Å². The minimum atomic E-state index is -3.95. The standard InChI is InChI=1S/C13H18N2O5S/c1-8-6-10(4-5-20-8)15-21(18,19)12-7-9(14)2-3-11(12)13(16)17/h2-3,7-8,10,15H,4-6,14H2,1H3,(H,16,17). The summed E-state index contributed by atoms with van der Waals surface area (Å²) in [5, 5.41) is 9.11. The number of carboxylic acid groups (broad SMARTS) is 1. The zero-order valence-electron chi connectivity index (χ0n) is 11.6. The summed E-state index contributed by atoms with van der Waals surface area (Å²) in [5.41, 5.74) is 5.47. The van der Waals surface area contributed by atoms with Crippen LogP contribution in [0.4, 0.5) is 5.69 Å². The van der Waals surface area contributed by atoms with Gasteiger partial charge in [-0.3, -0.25) is 0 Å². The lowest BCUT2D eigenvalue weighted by molar-refractivity contribution is 0.0173. The number of carboxylic acids is 1. The fraction of sp³-hybridized carbons (Fsp3) is 0.462. The largest absolute Gasteiger partial charge is 0.478 e. The molecule has 1 aromatic carbocycles. The van der Waals surface area contributed by atoms with Crippen LogP contribution in [0.1, 0.15) is 30.1 Å². The molecule has 2 atom stereocenters. The fourth-order valence-corrected chi connectivity index (χ4v) is 3.84. The average Bonchev–Trinajstić information content (AvgIpc) is 2.37. The molecule has 0 saturated carbocycles. The molecule has 0 aliphatic carbocycles. The monoisotopic (exact) mass is 314 g/mol. The lowest BCUT2D eigenvalue weighted by Crippen LogP contribution is -2.41. The first-order chi connectivity index (χ1) is 9.79. The number of aromatic carboxylic acids is 1. The molecule has 0 bridgehead atoms. The molecule has 8 heteroatoms. The second kappa shape index (κ2) is 6.00. The predicted molar refractivity (Wildman–Crippen MR) is 76.6 cm³/mol. The minimum absolute atomic E-state index is 0.0359. The van der Waals surface area contributed by atoms with Gasteiger partial charge in [0.2, 0.25) is 10.0 Å². The lowest BCUT2D eigenvalue weighted by Gasteiger charge is -2.27. The van der Waals surface area contributed by atoms with Crippen molar-refractivity contribution in [1.82, 2.24) is 4.72 Å². The van der Waals surface area contributed by atoms with Gasteiger partial charge in [-0.1, -0.05) is 0 Å². The number of benzene rings is 1. The Morgan fingerprint density at radius 1 is 1.48 bits per heavy atom. The van der Waals surface area contributed by atoms with E-state index >= 15 is 0 Å². The summed E-state index contributed by atoms with van der Waals surface area (Å²) in [7, 11) is -3.95. The van der Waals surface area contributed by atoms with Crippen LogP contribution in [0.5, 0.6) is 0 Å². The molecule has 0 amide bonds. The first kappa shape index (κ1) is 15.7. The molecule has 1 saturated heterocycles. The van der Waals surface area contributed by atoms with Gasteiger partial charge in [-0.2, -0.15) is 0 Å². The van der Waals surface area contributed by atoms with Crippen LogP contribution in [-0.2, 0) is 14.8 Å². The van der Waals surface area contributed by atoms with Gasteiger partial charge in [0.1, 0.15) is 0 Å². The number of carbonyl (C=O) groups is 1. The third-order valence-electron chi connectivity index (χ3n) is 3.33. The highest BCUT2D eigenvalue weighted by atomic mass is 32.2. The van der Waals surface area contributed by atoms with Crippen LogP contribution in [0.25, 0.3) is 0 Å². The second-order valence-corrected chi connectivity index (χ2v) is 6.77. The van der Waals surface area contributed by atoms with Gasteiger partial charge in [-0.15, -0.1) is 0 Å². The highest BCUT2D eigenvalue weighted by molar-refractivity contribution is 7.89. The molecule has 2 unspecified atom stereocenters. The number of anilines is 1. The van der Waals surface area contributed by atoms with Crippen LogP contribution >= 0.6 is 0 Å². The van der Waals surface area contributed by atoms with Crippen LogP contribution in [0.3, 0.4) is 0 Å². The molecule has 1 aromatic rings. The first-order valence-electron chi connectivity index (χ1n) is 6.56. The predicted octanol–water partition coefficient (Wildman–Crippen LogP) is 0.813. The Balaban J connectivity index is 2.31. The Morgan fingerprint density at radius 3 is 2.81 bits per heavy atom. The van der Waals surface area contributed by atoms with E-state index in [0.29, 0.717) is 19.4 Å². The molecule has 7 nitrogen and oxygen atoms in total. The third-order valence-corrected chi connectivity index (χ3v) is 4.89. The van der Waals surface area contributed by atoms with E-state index in [1.807, 2.05) is 6.92 Å². The summed E-state index contributed by atoms with van der Waals surface area (Å²) in [6.45, 7) is 2.33. The molecule has 1 aliphatic heterocycles. The van der Waals surface area contributed by atoms with Crippen LogP contribution in [0.15, 0.2) is 23.1 Å². The van der Waals surface area contributed by atoms with E-state index in [-0.39, 0.29) is 28.3 Å². The average molecular weight is 314 g/mol. The van der Waals surface area contributed by atoms with Gasteiger partial charge in [-0.05, 0) is 38.0 Å². The summed E-state index contributed by atoms with van der Waals surface area (Å²) >= 11 is 0. The number of nitrogen functional groups attached to an aromatic ring is 1. The van der Waals surface area contributed by atoms with E-state index in [0.717, 1.165) is 6.07 Å². The number of hydrogen-bond acceptors (Lipinski definition) is 5. The van der Waals surface area contributed by atoms with Crippen LogP contribution in [0.2, 0.25) is 0 Å². The zero-order valence-corrected chi connectivity index (χ0v) is 12.4. The van der Waals surface area contributed by atoms with E-state index in [4.69, 9.17) is 15.6 Å². The normalized spacial score (nSPS) is 22.9. The van der Waals surface area contributed by atoms with Gasteiger partial charge >= 0.3 is 5.97 Å². The van der Waals surface area contributed by atoms with Gasteiger partial charge in [-0.25, -0.2) is 17.9 Å². The number of nitrogens with one attached hydrogen (secondary N) is 1. The molecule has 4 N–H and O–H groups in total. The van der Waals surface area contributed by atoms with Crippen molar-refractivity contribution in [2.45, 2.75) is 36.8 Å². The second-order valence-electron chi connectivity index (χ2n) is 5.08. The highest BCUT2D eigenvalue weighted by Crippen LogP contribution is 2.22. The SMILES string of the molecule is CC1CC(NS(=O)(=O)c2cc(N)ccc2C(=O)O)CCO1. The summed E-state index contributed by atoms with van der Waals surface area (Å²) in [5.74, 6) is -1.31. The third kappa shape index (κ3) is 3.72. The van der Waals surface area contributed by atoms with Gasteiger partial charge in [0.25, 0.3) is 0 Å². The lowest BCUT2D eigenvalue weighted by atomic mass is 10.1. The molecule has 2 rings (SSSR count). The van der Waals surface area contributed by atoms with Crippen molar-refractivity contribution in [2.24, 2.45) is 0 Å². The topological polar surface area (TPSA) is 119 Å². The molecule has 1 heterocycles. The Hall–Kier alpha value is -1.64. The van der Waals surface area contributed by atoms with Crippen molar-refractivity contribution in [3.63, 3.8) is 0 Å². The Bertz CT molecular complexity index is 644. The molecule has 1 fully saturated rings. The van der Waals surface area contributed by atoms with E-state index < -0.39 is 16.0 Å². The van der Waals surface area contributed by atoms with Crippen molar-refractivity contribution in [3.8, 4) is 0 Å². The van der Waals surface area contributed by atoms with Crippen molar-refractivity contribution in [3.05, 3.63) is 23.8 Å². The number of nitrogens with two attached hydrogens (primary N) is 1. The Kier molecular flexibility index (Phi) is 4.50. The van der Waals surface area contributed by atoms with Gasteiger partial charge in [0.15, 0.2) is 0 Å². The maximum absolute atomic E-state index is 12.4. The molecular weight excluding hydrogens is 296 g/mol. The van der Waals surface area contributed by atoms with E-state index in [1.54, 1.807) is 0 Å². The number of ether oxygens (including phenoxy) is 1. The molecule has 21 heavy (non-hydrogen) atoms. The zero-order chi connectivity index (χ0) is 15.6. The van der Waals surface area contributed by atoms with Crippen molar-refractivity contribution >= 4 is 21.7 Å². The summed E-state index contributed by atoms with van der Waals surface area (Å²) in [6, 6.07) is 3.44. The quantitative estimate of drug-likeness (QED) is 0.708. The fourth-order valence-electron chi connectivity index (χ4n) is 2.33. The Morgan fingerprint density at radius 2 is 2.19 bits per heavy atom. The van der Waals surface area contributed by atoms with Crippen molar-refractivity contribution < 1.29 is 23.1 Å². The molecule has 1 aliphatic rings. The van der Waals surface area contributed by atoms with Crippen LogP contribution < -0.4 is 10.5 Å². The Labute approximate surface area is 123 Å². The van der Waals surface area contributed by atoms with Gasteiger partial charge in [0, 0.05) is 18.3 Å². The summed E-state index contributed by atoms with van der Waals surface area (Å²) < 4.78 is 32.7. The molecule has 0 spiro atoms. The molecule has 0 aromatic heterocycles. The number of sulfonamides is 1. The van der Waals surface area contributed by atoms with Crippen molar-refractivity contribution in [1.29, 1.82) is 0 Å². The number of rotatable bonds is 4. The smallest absolute Gasteiger partial charge is 0.337 e. The van der Waals surface area contributed by atoms with E-state index in [9.17, 15) is 13.2 Å². The highest BCUT2D eigenvalue weighted by Gasteiger charge is 2.28. The van der Waals surface area contributed by atoms with Gasteiger partial charge < -0.3 is 15.6 Å². The summed E-state index contributed by atoms with van der Waals surface area (Å²) in [6.07, 6.45) is 1.06.